The molecular formula is C23H32N2O2. The third kappa shape index (κ3) is 1.81. The normalized spacial score (nSPS) is 52.1. The molecule has 4 nitrogen and oxygen atoms in total. The minimum absolute atomic E-state index is 0.0815. The molecule has 2 N–H and O–H groups in total. The van der Waals surface area contributed by atoms with Crippen molar-refractivity contribution in [1.82, 2.24) is 10.2 Å². The molecule has 146 valence electrons. The molecule has 7 fully saturated rings. The van der Waals surface area contributed by atoms with Gasteiger partial charge in [-0.2, -0.15) is 0 Å². The largest absolute Gasteiger partial charge is 0.375 e. The van der Waals surface area contributed by atoms with E-state index in [4.69, 9.17) is 0 Å². The molecule has 4 bridgehead atoms. The average Bonchev–Trinajstić information content (AvgIpc) is 3.21. The van der Waals surface area contributed by atoms with Crippen LogP contribution in [-0.2, 0) is 4.79 Å². The van der Waals surface area contributed by atoms with E-state index >= 15 is 0 Å². The monoisotopic (exact) mass is 368 g/mol. The van der Waals surface area contributed by atoms with Gasteiger partial charge in [0.25, 0.3) is 0 Å². The molecule has 7 rings (SSSR count). The summed E-state index contributed by atoms with van der Waals surface area (Å²) >= 11 is 0. The van der Waals surface area contributed by atoms with Crippen molar-refractivity contribution >= 4 is 5.91 Å². The Morgan fingerprint density at radius 1 is 1.11 bits per heavy atom. The number of nitrogens with one attached hydrogen (secondary N) is 1. The van der Waals surface area contributed by atoms with Gasteiger partial charge in [0, 0.05) is 24.4 Å². The first-order valence-corrected chi connectivity index (χ1v) is 11.0. The summed E-state index contributed by atoms with van der Waals surface area (Å²) in [5.41, 5.74) is 2.05. The van der Waals surface area contributed by atoms with Gasteiger partial charge in [-0.05, 0) is 75.5 Å². The lowest BCUT2D eigenvalue weighted by atomic mass is 9.59. The average molecular weight is 369 g/mol. The molecule has 0 unspecified atom stereocenters. The molecule has 1 amide bonds. The van der Waals surface area contributed by atoms with Gasteiger partial charge in [-0.15, -0.1) is 0 Å². The van der Waals surface area contributed by atoms with Crippen molar-refractivity contribution in [2.45, 2.75) is 51.8 Å². The first-order chi connectivity index (χ1) is 12.9. The zero-order valence-electron chi connectivity index (χ0n) is 16.7. The molecule has 0 aromatic heterocycles. The lowest BCUT2D eigenvalue weighted by Gasteiger charge is -2.45. The number of hydrogen-bond acceptors (Lipinski definition) is 3. The lowest BCUT2D eigenvalue weighted by Crippen LogP contribution is -2.52. The zero-order valence-corrected chi connectivity index (χ0v) is 16.7. The van der Waals surface area contributed by atoms with Gasteiger partial charge in [0.15, 0.2) is 0 Å². The summed E-state index contributed by atoms with van der Waals surface area (Å²) in [4.78, 5) is 14.9. The number of allylic oxidation sites excluding steroid dienone is 3. The Labute approximate surface area is 162 Å². The topological polar surface area (TPSA) is 52.6 Å². The molecule has 2 heterocycles. The van der Waals surface area contributed by atoms with E-state index in [-0.39, 0.29) is 5.91 Å². The third-order valence-corrected chi connectivity index (χ3v) is 9.37. The van der Waals surface area contributed by atoms with Gasteiger partial charge in [0.05, 0.1) is 6.54 Å². The van der Waals surface area contributed by atoms with Crippen molar-refractivity contribution < 1.29 is 9.90 Å². The molecule has 0 aromatic carbocycles. The number of carbonyl (C=O) groups is 1. The van der Waals surface area contributed by atoms with Crippen LogP contribution in [0.3, 0.4) is 0 Å². The fourth-order valence-electron chi connectivity index (χ4n) is 9.01. The smallest absolute Gasteiger partial charge is 0.234 e. The highest BCUT2D eigenvalue weighted by Crippen LogP contribution is 2.90. The number of rotatable bonds is 7. The Morgan fingerprint density at radius 2 is 1.93 bits per heavy atom. The van der Waals surface area contributed by atoms with Crippen molar-refractivity contribution in [3.05, 3.63) is 23.3 Å². The predicted molar refractivity (Wildman–Crippen MR) is 103 cm³/mol. The van der Waals surface area contributed by atoms with E-state index in [2.05, 4.69) is 43.1 Å². The van der Waals surface area contributed by atoms with Crippen LogP contribution in [0.4, 0.5) is 0 Å². The van der Waals surface area contributed by atoms with Crippen LogP contribution in [0, 0.1) is 47.3 Å². The van der Waals surface area contributed by atoms with Crippen LogP contribution < -0.4 is 5.32 Å². The van der Waals surface area contributed by atoms with E-state index in [9.17, 15) is 9.90 Å². The van der Waals surface area contributed by atoms with E-state index in [1.807, 2.05) is 0 Å². The second-order valence-corrected chi connectivity index (χ2v) is 10.5. The molecule has 7 aliphatic rings. The maximum absolute atomic E-state index is 12.6. The number of aliphatic hydroxyl groups is 1. The van der Waals surface area contributed by atoms with Gasteiger partial charge < -0.3 is 10.4 Å². The summed E-state index contributed by atoms with van der Waals surface area (Å²) in [7, 11) is 0. The summed E-state index contributed by atoms with van der Waals surface area (Å²) in [5.74, 6) is 5.84. The first kappa shape index (κ1) is 16.8. The molecule has 4 heteroatoms. The van der Waals surface area contributed by atoms with Crippen LogP contribution in [0.5, 0.6) is 0 Å². The SMILES string of the molecule is CC(C)=CCC/C(C)=C/CNC(=O)CN1[C@H]2[C@H]3[C@@H]4C[C@H]5[C@H]6[C@H]4[C@@H]2[C@H]6[C@@]1(O)[C@H]53. The Bertz CT molecular complexity index is 768. The zero-order chi connectivity index (χ0) is 18.7. The van der Waals surface area contributed by atoms with Crippen LogP contribution in [0.2, 0.25) is 0 Å². The minimum atomic E-state index is -0.634. The van der Waals surface area contributed by atoms with E-state index in [0.29, 0.717) is 42.8 Å². The Morgan fingerprint density at radius 3 is 2.70 bits per heavy atom. The first-order valence-electron chi connectivity index (χ1n) is 11.0. The minimum Gasteiger partial charge on any atom is -0.375 e. The Hall–Kier alpha value is -1.13. The molecule has 2 saturated heterocycles. The molecule has 2 aliphatic heterocycles. The Balaban J connectivity index is 1.07. The summed E-state index contributed by atoms with van der Waals surface area (Å²) in [6, 6.07) is 0.510. The van der Waals surface area contributed by atoms with E-state index < -0.39 is 5.72 Å². The highest BCUT2D eigenvalue weighted by molar-refractivity contribution is 5.78. The van der Waals surface area contributed by atoms with Crippen LogP contribution in [-0.4, -0.2) is 40.8 Å². The van der Waals surface area contributed by atoms with Crippen LogP contribution >= 0.6 is 0 Å². The quantitative estimate of drug-likeness (QED) is 0.679. The highest BCUT2D eigenvalue weighted by atomic mass is 16.3. The van der Waals surface area contributed by atoms with E-state index in [1.54, 1.807) is 0 Å². The fraction of sp³-hybridized carbons (Fsp3) is 0.783. The van der Waals surface area contributed by atoms with Gasteiger partial charge in [0.2, 0.25) is 5.91 Å². The molecule has 0 aromatic rings. The maximum Gasteiger partial charge on any atom is 0.234 e. The molecule has 5 aliphatic carbocycles. The standard InChI is InChI=1S/C23H32N2O2/c1-11(2)5-4-6-12(3)7-8-24-15(26)10-25-22-18-13-9-14-17-16(13)19(22)21(17)23(25,27)20(14)18/h5,7,13-14,16-22,27H,4,6,8-10H2,1-3H3,(H,24,26)/b12-7+/t13-,14+,16+,17+,18+,19-,20-,21+,22+,23+/m1/s1. The van der Waals surface area contributed by atoms with Crippen LogP contribution in [0.1, 0.15) is 40.0 Å². The summed E-state index contributed by atoms with van der Waals surface area (Å²) in [6.45, 7) is 7.39. The van der Waals surface area contributed by atoms with Crippen molar-refractivity contribution in [3.63, 3.8) is 0 Å². The lowest BCUT2D eigenvalue weighted by molar-refractivity contribution is -0.143. The van der Waals surface area contributed by atoms with Crippen molar-refractivity contribution in [1.29, 1.82) is 0 Å². The number of carbonyl (C=O) groups excluding carboxylic acids is 1. The van der Waals surface area contributed by atoms with Gasteiger partial charge in [-0.3, -0.25) is 9.69 Å². The number of nitrogens with zero attached hydrogens (tertiary/aromatic N) is 1. The molecule has 27 heavy (non-hydrogen) atoms. The molecule has 5 saturated carbocycles. The Kier molecular flexibility index (Phi) is 3.28. The van der Waals surface area contributed by atoms with Crippen LogP contribution in [0.25, 0.3) is 0 Å². The fourth-order valence-corrected chi connectivity index (χ4v) is 9.01. The van der Waals surface area contributed by atoms with Crippen molar-refractivity contribution in [3.8, 4) is 0 Å². The third-order valence-electron chi connectivity index (χ3n) is 9.37. The van der Waals surface area contributed by atoms with Crippen LogP contribution in [0.15, 0.2) is 23.3 Å². The van der Waals surface area contributed by atoms with Gasteiger partial charge in [-0.25, -0.2) is 0 Å². The highest BCUT2D eigenvalue weighted by Gasteiger charge is 2.93. The van der Waals surface area contributed by atoms with Gasteiger partial charge in [0.1, 0.15) is 5.72 Å². The number of hydrogen-bond donors (Lipinski definition) is 2. The summed E-state index contributed by atoms with van der Waals surface area (Å²) in [6.07, 6.45) is 7.89. The predicted octanol–water partition coefficient (Wildman–Crippen LogP) is 2.56. The molecule has 10 atom stereocenters. The number of amides is 1. The summed E-state index contributed by atoms with van der Waals surface area (Å²) < 4.78 is 0. The maximum atomic E-state index is 12.6. The second-order valence-electron chi connectivity index (χ2n) is 10.5. The second kappa shape index (κ2) is 5.27. The van der Waals surface area contributed by atoms with E-state index in [1.165, 1.54) is 17.6 Å². The molecular weight excluding hydrogens is 336 g/mol. The van der Waals surface area contributed by atoms with Gasteiger partial charge >= 0.3 is 0 Å². The molecule has 0 spiro atoms. The van der Waals surface area contributed by atoms with Crippen molar-refractivity contribution in [2.75, 3.05) is 13.1 Å². The molecule has 0 radical (unpaired) electrons. The van der Waals surface area contributed by atoms with Gasteiger partial charge in [-0.1, -0.05) is 23.3 Å². The summed E-state index contributed by atoms with van der Waals surface area (Å²) in [5, 5.41) is 14.7. The van der Waals surface area contributed by atoms with E-state index in [0.717, 1.165) is 36.5 Å². The van der Waals surface area contributed by atoms with Crippen molar-refractivity contribution in [2.24, 2.45) is 47.3 Å².